The number of hydrogen-bond donors (Lipinski definition) is 2. The van der Waals surface area contributed by atoms with Gasteiger partial charge in [0.2, 0.25) is 0 Å². The summed E-state index contributed by atoms with van der Waals surface area (Å²) < 4.78 is 7.33. The summed E-state index contributed by atoms with van der Waals surface area (Å²) in [6.45, 7) is 6.22. The first kappa shape index (κ1) is 22.4. The highest BCUT2D eigenvalue weighted by Gasteiger charge is 2.14. The molecule has 2 N–H and O–H groups in total. The smallest absolute Gasteiger partial charge is 0.335 e. The zero-order valence-corrected chi connectivity index (χ0v) is 18.0. The lowest BCUT2D eigenvalue weighted by Gasteiger charge is -2.10. The Bertz CT molecular complexity index is 1210. The highest BCUT2D eigenvalue weighted by Crippen LogP contribution is 2.24. The van der Waals surface area contributed by atoms with Crippen molar-refractivity contribution in [3.63, 3.8) is 0 Å². The predicted octanol–water partition coefficient (Wildman–Crippen LogP) is 4.74. The van der Waals surface area contributed by atoms with Crippen LogP contribution >= 0.6 is 0 Å². The SMILES string of the molecule is CCOc1ccc(NC(=O)C(C#N)=Cc2cc(C)n(-c3ccc(C(=O)O)cc3)c2C)cc1. The molecule has 1 amide bonds. The van der Waals surface area contributed by atoms with E-state index in [1.807, 2.05) is 37.5 Å². The minimum Gasteiger partial charge on any atom is -0.494 e. The van der Waals surface area contributed by atoms with E-state index < -0.39 is 11.9 Å². The van der Waals surface area contributed by atoms with Crippen LogP contribution in [-0.2, 0) is 4.79 Å². The van der Waals surface area contributed by atoms with E-state index in [9.17, 15) is 14.9 Å². The van der Waals surface area contributed by atoms with E-state index in [1.54, 1.807) is 42.5 Å². The first-order valence-electron chi connectivity index (χ1n) is 10.0. The van der Waals surface area contributed by atoms with Crippen LogP contribution in [-0.4, -0.2) is 28.2 Å². The number of carboxylic acids is 1. The Morgan fingerprint density at radius 2 is 1.78 bits per heavy atom. The number of aryl methyl sites for hydroxylation is 1. The van der Waals surface area contributed by atoms with Crippen LogP contribution in [0.2, 0.25) is 0 Å². The highest BCUT2D eigenvalue weighted by atomic mass is 16.5. The molecule has 0 radical (unpaired) electrons. The monoisotopic (exact) mass is 429 g/mol. The van der Waals surface area contributed by atoms with E-state index in [-0.39, 0.29) is 11.1 Å². The number of carbonyl (C=O) groups is 2. The molecule has 0 aliphatic heterocycles. The average molecular weight is 429 g/mol. The molecule has 7 heteroatoms. The van der Waals surface area contributed by atoms with E-state index in [0.29, 0.717) is 18.0 Å². The largest absolute Gasteiger partial charge is 0.494 e. The zero-order valence-electron chi connectivity index (χ0n) is 18.0. The maximum Gasteiger partial charge on any atom is 0.335 e. The fourth-order valence-electron chi connectivity index (χ4n) is 3.39. The number of hydrogen-bond acceptors (Lipinski definition) is 4. The number of carboxylic acid groups (broad SMARTS) is 1. The lowest BCUT2D eigenvalue weighted by atomic mass is 10.1. The van der Waals surface area contributed by atoms with Gasteiger partial charge >= 0.3 is 5.97 Å². The van der Waals surface area contributed by atoms with Crippen LogP contribution in [0.5, 0.6) is 5.75 Å². The molecule has 1 aromatic heterocycles. The number of nitriles is 1. The standard InChI is InChI=1S/C25H23N3O4/c1-4-32-23-11-7-21(8-12-23)27-24(29)20(15-26)14-19-13-16(2)28(17(19)3)22-9-5-18(6-10-22)25(30)31/h5-14H,4H2,1-3H3,(H,27,29)(H,30,31). The van der Waals surface area contributed by atoms with E-state index in [1.165, 1.54) is 12.1 Å². The van der Waals surface area contributed by atoms with Crippen LogP contribution in [0.1, 0.15) is 34.2 Å². The molecule has 0 fully saturated rings. The Labute approximate surface area is 186 Å². The van der Waals surface area contributed by atoms with Gasteiger partial charge in [-0.3, -0.25) is 4.79 Å². The Balaban J connectivity index is 1.85. The van der Waals surface area contributed by atoms with E-state index in [2.05, 4.69) is 5.32 Å². The Morgan fingerprint density at radius 3 is 2.34 bits per heavy atom. The van der Waals surface area contributed by atoms with Gasteiger partial charge in [0.1, 0.15) is 17.4 Å². The van der Waals surface area contributed by atoms with Crippen molar-refractivity contribution in [2.45, 2.75) is 20.8 Å². The van der Waals surface area contributed by atoms with Crippen molar-refractivity contribution in [2.75, 3.05) is 11.9 Å². The highest BCUT2D eigenvalue weighted by molar-refractivity contribution is 6.09. The Kier molecular flexibility index (Phi) is 6.76. The molecule has 1 heterocycles. The van der Waals surface area contributed by atoms with E-state index >= 15 is 0 Å². The van der Waals surface area contributed by atoms with Crippen molar-refractivity contribution >= 4 is 23.6 Å². The minimum absolute atomic E-state index is 0.0274. The second-order valence-corrected chi connectivity index (χ2v) is 7.10. The van der Waals surface area contributed by atoms with Crippen LogP contribution in [0, 0.1) is 25.2 Å². The molecule has 3 aromatic rings. The van der Waals surface area contributed by atoms with E-state index in [4.69, 9.17) is 9.84 Å². The van der Waals surface area contributed by atoms with Crippen molar-refractivity contribution in [1.82, 2.24) is 4.57 Å². The number of aromatic carboxylic acids is 1. The minimum atomic E-state index is -0.988. The molecule has 2 aromatic carbocycles. The number of rotatable bonds is 7. The molecule has 7 nitrogen and oxygen atoms in total. The third kappa shape index (κ3) is 4.87. The maximum absolute atomic E-state index is 12.6. The quantitative estimate of drug-likeness (QED) is 0.417. The van der Waals surface area contributed by atoms with Gasteiger partial charge in [0.15, 0.2) is 0 Å². The lowest BCUT2D eigenvalue weighted by molar-refractivity contribution is -0.112. The molecule has 0 saturated carbocycles. The van der Waals surface area contributed by atoms with Crippen molar-refractivity contribution < 1.29 is 19.4 Å². The molecule has 0 bridgehead atoms. The zero-order chi connectivity index (χ0) is 23.3. The third-order valence-corrected chi connectivity index (χ3v) is 4.93. The van der Waals surface area contributed by atoms with Crippen LogP contribution in [0.4, 0.5) is 5.69 Å². The fraction of sp³-hybridized carbons (Fsp3) is 0.160. The molecule has 0 aliphatic rings. The summed E-state index contributed by atoms with van der Waals surface area (Å²) in [5.74, 6) is -0.795. The number of benzene rings is 2. The van der Waals surface area contributed by atoms with Crippen molar-refractivity contribution in [2.24, 2.45) is 0 Å². The van der Waals surface area contributed by atoms with Crippen LogP contribution in [0.15, 0.2) is 60.2 Å². The molecule has 0 saturated heterocycles. The molecule has 0 aliphatic carbocycles. The van der Waals surface area contributed by atoms with Gasteiger partial charge in [-0.05, 0) is 87.0 Å². The predicted molar refractivity (Wildman–Crippen MR) is 122 cm³/mol. The van der Waals surface area contributed by atoms with E-state index in [0.717, 1.165) is 22.6 Å². The summed E-state index contributed by atoms with van der Waals surface area (Å²) in [7, 11) is 0. The number of carbonyl (C=O) groups excluding carboxylic acids is 1. The number of nitrogens with zero attached hydrogens (tertiary/aromatic N) is 2. The third-order valence-electron chi connectivity index (χ3n) is 4.93. The van der Waals surface area contributed by atoms with Gasteiger partial charge < -0.3 is 19.7 Å². The van der Waals surface area contributed by atoms with Gasteiger partial charge in [-0.15, -0.1) is 0 Å². The van der Waals surface area contributed by atoms with Gasteiger partial charge in [0, 0.05) is 22.8 Å². The molecular weight excluding hydrogens is 406 g/mol. The normalized spacial score (nSPS) is 11.0. The van der Waals surface area contributed by atoms with Gasteiger partial charge in [-0.1, -0.05) is 0 Å². The summed E-state index contributed by atoms with van der Waals surface area (Å²) in [5, 5.41) is 21.4. The van der Waals surface area contributed by atoms with Crippen LogP contribution in [0.25, 0.3) is 11.8 Å². The number of aromatic nitrogens is 1. The summed E-state index contributed by atoms with van der Waals surface area (Å²) >= 11 is 0. The number of nitrogens with one attached hydrogen (secondary N) is 1. The molecule has 0 unspecified atom stereocenters. The average Bonchev–Trinajstić information content (AvgIpc) is 3.06. The fourth-order valence-corrected chi connectivity index (χ4v) is 3.39. The van der Waals surface area contributed by atoms with Gasteiger partial charge in [0.05, 0.1) is 12.2 Å². The van der Waals surface area contributed by atoms with Crippen molar-refractivity contribution in [3.05, 3.63) is 82.7 Å². The van der Waals surface area contributed by atoms with Crippen molar-refractivity contribution in [1.29, 1.82) is 5.26 Å². The number of ether oxygens (including phenoxy) is 1. The molecule has 0 atom stereocenters. The van der Waals surface area contributed by atoms with Gasteiger partial charge in [-0.25, -0.2) is 4.79 Å². The first-order chi connectivity index (χ1) is 15.3. The summed E-state index contributed by atoms with van der Waals surface area (Å²) in [4.78, 5) is 23.7. The molecular formula is C25H23N3O4. The second-order valence-electron chi connectivity index (χ2n) is 7.10. The van der Waals surface area contributed by atoms with Gasteiger partial charge in [0.25, 0.3) is 5.91 Å². The van der Waals surface area contributed by atoms with Gasteiger partial charge in [-0.2, -0.15) is 5.26 Å². The van der Waals surface area contributed by atoms with Crippen LogP contribution in [0.3, 0.4) is 0 Å². The summed E-state index contributed by atoms with van der Waals surface area (Å²) in [6, 6.07) is 17.3. The lowest BCUT2D eigenvalue weighted by Crippen LogP contribution is -2.13. The van der Waals surface area contributed by atoms with Crippen molar-refractivity contribution in [3.8, 4) is 17.5 Å². The Hall–Kier alpha value is -4.31. The Morgan fingerprint density at radius 1 is 1.12 bits per heavy atom. The molecule has 32 heavy (non-hydrogen) atoms. The summed E-state index contributed by atoms with van der Waals surface area (Å²) in [6.07, 6.45) is 1.55. The number of amides is 1. The number of anilines is 1. The summed E-state index contributed by atoms with van der Waals surface area (Å²) in [5.41, 5.74) is 3.97. The topological polar surface area (TPSA) is 104 Å². The molecule has 3 rings (SSSR count). The maximum atomic E-state index is 12.6. The molecule has 0 spiro atoms. The molecule has 162 valence electrons. The first-order valence-corrected chi connectivity index (χ1v) is 10.0. The van der Waals surface area contributed by atoms with Crippen LogP contribution < -0.4 is 10.1 Å². The second kappa shape index (κ2) is 9.67.